The van der Waals surface area contributed by atoms with Crippen LogP contribution in [0, 0.1) is 0 Å². The molecular formula is C36H44I2N2O6. The molecule has 248 valence electrons. The quantitative estimate of drug-likeness (QED) is 0.143. The standard InChI is InChI=1S/C36H44N2O6.2HI/c1-37(2)26-16-21(17-27(37)31-30(26)43-31)41-34(39)24-14-15-36(20-10-6-5-7-11-20,25-13-9-8-12-23(24)25)35(40)42-22-18-28-32-33(44-32)29(19-22)38(28,3)4;;/h5-13,21-22,24,26-33H,14-19H2,1-4H3;2*1H/q+2;;/p-2/t21?,22?,24-,26-,27+,28-,29+,30?,31?,32?,33?,36-;;/m1../s1. The van der Waals surface area contributed by atoms with Crippen LogP contribution in [0.4, 0.5) is 0 Å². The van der Waals surface area contributed by atoms with E-state index in [9.17, 15) is 9.59 Å². The molecule has 12 atom stereocenters. The van der Waals surface area contributed by atoms with Gasteiger partial charge >= 0.3 is 11.9 Å². The minimum atomic E-state index is -0.973. The van der Waals surface area contributed by atoms with Gasteiger partial charge < -0.3 is 75.9 Å². The molecule has 0 radical (unpaired) electrons. The first kappa shape index (κ1) is 33.2. The van der Waals surface area contributed by atoms with Gasteiger partial charge in [0.2, 0.25) is 0 Å². The summed E-state index contributed by atoms with van der Waals surface area (Å²) >= 11 is 0. The maximum absolute atomic E-state index is 14.6. The Labute approximate surface area is 305 Å². The molecule has 6 unspecified atom stereocenters. The maximum atomic E-state index is 14.6. The largest absolute Gasteiger partial charge is 1.00 e. The van der Waals surface area contributed by atoms with Crippen molar-refractivity contribution in [2.24, 2.45) is 0 Å². The van der Waals surface area contributed by atoms with Crippen molar-refractivity contribution >= 4 is 11.9 Å². The van der Waals surface area contributed by atoms with Crippen molar-refractivity contribution in [1.82, 2.24) is 0 Å². The lowest BCUT2D eigenvalue weighted by atomic mass is 9.63. The van der Waals surface area contributed by atoms with Crippen molar-refractivity contribution < 1.29 is 85.5 Å². The van der Waals surface area contributed by atoms with Crippen molar-refractivity contribution in [3.8, 4) is 0 Å². The summed E-state index contributed by atoms with van der Waals surface area (Å²) < 4.78 is 26.7. The van der Waals surface area contributed by atoms with Crippen molar-refractivity contribution in [2.45, 2.75) is 111 Å². The molecule has 2 aromatic carbocycles. The van der Waals surface area contributed by atoms with Gasteiger partial charge in [0.25, 0.3) is 0 Å². The summed E-state index contributed by atoms with van der Waals surface area (Å²) in [6, 6.07) is 19.5. The number of hydrogen-bond acceptors (Lipinski definition) is 6. The molecule has 0 N–H and O–H groups in total. The number of carbonyl (C=O) groups excluding carboxylic acids is 2. The summed E-state index contributed by atoms with van der Waals surface area (Å²) in [4.78, 5) is 28.6. The molecule has 0 amide bonds. The molecule has 6 fully saturated rings. The van der Waals surface area contributed by atoms with E-state index < -0.39 is 11.3 Å². The molecule has 6 heterocycles. The Morgan fingerprint density at radius 2 is 1.17 bits per heavy atom. The second kappa shape index (κ2) is 11.4. The van der Waals surface area contributed by atoms with Crippen LogP contribution in [0.5, 0.6) is 0 Å². The summed E-state index contributed by atoms with van der Waals surface area (Å²) in [5.74, 6) is -0.768. The van der Waals surface area contributed by atoms with Gasteiger partial charge in [-0.25, -0.2) is 0 Å². The zero-order valence-electron chi connectivity index (χ0n) is 26.9. The molecule has 0 spiro atoms. The third kappa shape index (κ3) is 4.69. The Hall–Kier alpha value is -1.32. The van der Waals surface area contributed by atoms with Gasteiger partial charge in [-0.15, -0.1) is 0 Å². The highest BCUT2D eigenvalue weighted by atomic mass is 127. The van der Waals surface area contributed by atoms with Gasteiger partial charge in [0, 0.05) is 25.7 Å². The van der Waals surface area contributed by atoms with Crippen LogP contribution in [-0.4, -0.2) is 110 Å². The monoisotopic (exact) mass is 854 g/mol. The number of benzene rings is 2. The molecule has 6 saturated heterocycles. The molecule has 10 heteroatoms. The number of hydrogen-bond donors (Lipinski definition) is 0. The smallest absolute Gasteiger partial charge is 0.321 e. The molecule has 8 nitrogen and oxygen atoms in total. The van der Waals surface area contributed by atoms with Crippen LogP contribution in [-0.2, 0) is 34.0 Å². The summed E-state index contributed by atoms with van der Waals surface area (Å²) in [5.41, 5.74) is 1.72. The first-order chi connectivity index (χ1) is 21.1. The third-order valence-electron chi connectivity index (χ3n) is 13.1. The van der Waals surface area contributed by atoms with Crippen LogP contribution < -0.4 is 48.0 Å². The number of ether oxygens (including phenoxy) is 4. The zero-order chi connectivity index (χ0) is 30.2. The summed E-state index contributed by atoms with van der Waals surface area (Å²) in [5, 5.41) is 0. The van der Waals surface area contributed by atoms with Crippen LogP contribution in [0.1, 0.15) is 61.1 Å². The van der Waals surface area contributed by atoms with Crippen LogP contribution in [0.15, 0.2) is 54.6 Å². The summed E-state index contributed by atoms with van der Waals surface area (Å²) in [7, 11) is 9.16. The predicted octanol–water partition coefficient (Wildman–Crippen LogP) is -2.54. The molecule has 1 aliphatic carbocycles. The van der Waals surface area contributed by atoms with Crippen molar-refractivity contribution in [2.75, 3.05) is 28.2 Å². The van der Waals surface area contributed by atoms with Gasteiger partial charge in [-0.3, -0.25) is 9.59 Å². The SMILES string of the molecule is C[N+]1(C)[C@@H]2CC(OC(=O)[C@@H]3CC[C@@](C(=O)OC4C[C@@H]5C6OC6[C@H](C4)[N+]5(C)C)(c4ccccc4)c4ccccc43)C[C@H]1C1OC12.[I-].[I-]. The lowest BCUT2D eigenvalue weighted by molar-refractivity contribution is -0.938. The number of piperidine rings is 2. The van der Waals surface area contributed by atoms with Gasteiger partial charge in [0.05, 0.1) is 34.1 Å². The molecule has 6 aliphatic heterocycles. The van der Waals surface area contributed by atoms with E-state index in [1.54, 1.807) is 0 Å². The Morgan fingerprint density at radius 1 is 0.696 bits per heavy atom. The highest BCUT2D eigenvalue weighted by Crippen LogP contribution is 2.54. The first-order valence-corrected chi connectivity index (χ1v) is 16.6. The number of carbonyl (C=O) groups is 2. The van der Waals surface area contributed by atoms with Crippen LogP contribution >= 0.6 is 0 Å². The maximum Gasteiger partial charge on any atom is 0.321 e. The van der Waals surface area contributed by atoms with E-state index in [2.05, 4.69) is 28.2 Å². The average Bonchev–Trinajstić information content (AvgIpc) is 3.91. The minimum Gasteiger partial charge on any atom is -1.00 e. The molecule has 2 aromatic rings. The van der Waals surface area contributed by atoms with Gasteiger partial charge in [-0.05, 0) is 29.5 Å². The van der Waals surface area contributed by atoms with Crippen molar-refractivity contribution in [3.63, 3.8) is 0 Å². The van der Waals surface area contributed by atoms with E-state index >= 15 is 0 Å². The van der Waals surface area contributed by atoms with E-state index in [4.69, 9.17) is 18.9 Å². The van der Waals surface area contributed by atoms with Gasteiger partial charge in [0.15, 0.2) is 0 Å². The van der Waals surface area contributed by atoms with Crippen LogP contribution in [0.3, 0.4) is 0 Å². The lowest BCUT2D eigenvalue weighted by Gasteiger charge is -2.46. The molecule has 46 heavy (non-hydrogen) atoms. The number of esters is 2. The number of epoxide rings is 2. The number of fused-ring (bicyclic) bond motifs is 11. The van der Waals surface area contributed by atoms with E-state index in [0.717, 1.165) is 51.3 Å². The third-order valence-corrected chi connectivity index (χ3v) is 13.1. The molecule has 9 rings (SSSR count). The fourth-order valence-electron chi connectivity index (χ4n) is 10.5. The van der Waals surface area contributed by atoms with Crippen LogP contribution in [0.2, 0.25) is 0 Å². The lowest BCUT2D eigenvalue weighted by Crippen LogP contribution is -3.00. The minimum absolute atomic E-state index is 0. The number of rotatable bonds is 5. The first-order valence-electron chi connectivity index (χ1n) is 16.6. The van der Waals surface area contributed by atoms with Crippen LogP contribution in [0.25, 0.3) is 0 Å². The van der Waals surface area contributed by atoms with E-state index in [-0.39, 0.29) is 72.1 Å². The van der Waals surface area contributed by atoms with E-state index in [1.807, 2.05) is 54.6 Å². The van der Waals surface area contributed by atoms with Gasteiger partial charge in [-0.2, -0.15) is 0 Å². The van der Waals surface area contributed by atoms with E-state index in [0.29, 0.717) is 61.4 Å². The Balaban J connectivity index is 0.00000169. The number of nitrogens with zero attached hydrogens (tertiary/aromatic N) is 2. The molecular weight excluding hydrogens is 810 g/mol. The second-order valence-electron chi connectivity index (χ2n) is 15.6. The fraction of sp³-hybridized carbons (Fsp3) is 0.611. The average molecular weight is 855 g/mol. The number of halogens is 2. The molecule has 0 saturated carbocycles. The molecule has 7 aliphatic rings. The molecule has 0 aromatic heterocycles. The topological polar surface area (TPSA) is 77.7 Å². The highest BCUT2D eigenvalue weighted by Gasteiger charge is 2.72. The fourth-order valence-corrected chi connectivity index (χ4v) is 10.5. The summed E-state index contributed by atoms with van der Waals surface area (Å²) in [6.07, 6.45) is 5.38. The normalized spacial score (nSPS) is 42.6. The highest BCUT2D eigenvalue weighted by molar-refractivity contribution is 5.91. The molecule has 4 bridgehead atoms. The van der Waals surface area contributed by atoms with Gasteiger partial charge in [0.1, 0.15) is 66.2 Å². The summed E-state index contributed by atoms with van der Waals surface area (Å²) in [6.45, 7) is 0. The van der Waals surface area contributed by atoms with Gasteiger partial charge in [-0.1, -0.05) is 54.6 Å². The predicted molar refractivity (Wildman–Crippen MR) is 161 cm³/mol. The second-order valence-corrected chi connectivity index (χ2v) is 15.6. The Kier molecular flexibility index (Phi) is 8.20. The number of likely N-dealkylation sites (N-methyl/N-ethyl adjacent to an activating group) is 2. The number of morpholine rings is 2. The van der Waals surface area contributed by atoms with Crippen molar-refractivity contribution in [3.05, 3.63) is 71.3 Å². The number of quaternary nitrogens is 2. The Morgan fingerprint density at radius 3 is 1.72 bits per heavy atom. The Bertz CT molecular complexity index is 1500. The zero-order valence-corrected chi connectivity index (χ0v) is 31.2. The van der Waals surface area contributed by atoms with Crippen molar-refractivity contribution in [1.29, 1.82) is 0 Å². The van der Waals surface area contributed by atoms with E-state index in [1.165, 1.54) is 0 Å².